The Labute approximate surface area is 177 Å². The number of benzene rings is 1. The zero-order chi connectivity index (χ0) is 20.4. The van der Waals surface area contributed by atoms with Gasteiger partial charge in [-0.15, -0.1) is 0 Å². The van der Waals surface area contributed by atoms with Gasteiger partial charge in [-0.25, -0.2) is 0 Å². The van der Waals surface area contributed by atoms with E-state index >= 15 is 0 Å². The molecule has 0 radical (unpaired) electrons. The average Bonchev–Trinajstić information content (AvgIpc) is 2.80. The van der Waals surface area contributed by atoms with Gasteiger partial charge in [0.15, 0.2) is 0 Å². The van der Waals surface area contributed by atoms with Gasteiger partial charge in [0, 0.05) is 38.2 Å². The second kappa shape index (κ2) is 10.3. The standard InChI is InChI=1S/C25H24N4O/c1-4-13-26-22(9-1)18-29(19-23-10-2-5-14-27-23)17-21-8-7-12-25(16-21)30-20-24-11-3-6-15-28-24/h1-16H,17-20H2. The summed E-state index contributed by atoms with van der Waals surface area (Å²) in [4.78, 5) is 15.6. The summed E-state index contributed by atoms with van der Waals surface area (Å²) >= 11 is 0. The van der Waals surface area contributed by atoms with Crippen LogP contribution in [0.3, 0.4) is 0 Å². The first-order valence-corrected chi connectivity index (χ1v) is 9.99. The number of ether oxygens (including phenoxy) is 1. The molecule has 3 heterocycles. The van der Waals surface area contributed by atoms with Gasteiger partial charge in [-0.05, 0) is 54.1 Å². The van der Waals surface area contributed by atoms with Crippen molar-refractivity contribution in [1.29, 1.82) is 0 Å². The smallest absolute Gasteiger partial charge is 0.130 e. The highest BCUT2D eigenvalue weighted by atomic mass is 16.5. The van der Waals surface area contributed by atoms with E-state index in [0.717, 1.165) is 42.5 Å². The predicted molar refractivity (Wildman–Crippen MR) is 116 cm³/mol. The summed E-state index contributed by atoms with van der Waals surface area (Å²) in [7, 11) is 0. The monoisotopic (exact) mass is 396 g/mol. The van der Waals surface area contributed by atoms with Gasteiger partial charge in [0.05, 0.1) is 17.1 Å². The quantitative estimate of drug-likeness (QED) is 0.412. The fraction of sp³-hybridized carbons (Fsp3) is 0.160. The lowest BCUT2D eigenvalue weighted by Gasteiger charge is -2.22. The van der Waals surface area contributed by atoms with E-state index < -0.39 is 0 Å². The van der Waals surface area contributed by atoms with Crippen LogP contribution in [0.2, 0.25) is 0 Å². The summed E-state index contributed by atoms with van der Waals surface area (Å²) in [5.74, 6) is 0.841. The highest BCUT2D eigenvalue weighted by Crippen LogP contribution is 2.18. The van der Waals surface area contributed by atoms with Crippen LogP contribution in [0.4, 0.5) is 0 Å². The molecule has 0 amide bonds. The fourth-order valence-corrected chi connectivity index (χ4v) is 3.24. The molecule has 30 heavy (non-hydrogen) atoms. The minimum Gasteiger partial charge on any atom is -0.487 e. The first kappa shape index (κ1) is 19.7. The van der Waals surface area contributed by atoms with E-state index in [2.05, 4.69) is 44.1 Å². The van der Waals surface area contributed by atoms with Crippen LogP contribution in [0, 0.1) is 0 Å². The Morgan fingerprint density at radius 2 is 1.20 bits per heavy atom. The van der Waals surface area contributed by atoms with Gasteiger partial charge in [-0.2, -0.15) is 0 Å². The van der Waals surface area contributed by atoms with Crippen LogP contribution in [0.5, 0.6) is 5.75 Å². The van der Waals surface area contributed by atoms with Crippen molar-refractivity contribution in [3.63, 3.8) is 0 Å². The Balaban J connectivity index is 1.46. The molecule has 0 bridgehead atoms. The number of rotatable bonds is 9. The second-order valence-corrected chi connectivity index (χ2v) is 7.04. The molecule has 150 valence electrons. The van der Waals surface area contributed by atoms with Crippen LogP contribution in [0.1, 0.15) is 22.6 Å². The van der Waals surface area contributed by atoms with Gasteiger partial charge in [-0.3, -0.25) is 19.9 Å². The van der Waals surface area contributed by atoms with Gasteiger partial charge in [0.2, 0.25) is 0 Å². The molecule has 0 aliphatic rings. The van der Waals surface area contributed by atoms with Gasteiger partial charge >= 0.3 is 0 Å². The molecule has 1 aromatic carbocycles. The Bertz CT molecular complexity index is 985. The van der Waals surface area contributed by atoms with Gasteiger partial charge in [-0.1, -0.05) is 30.3 Å². The molecule has 0 atom stereocenters. The number of hydrogen-bond acceptors (Lipinski definition) is 5. The Kier molecular flexibility index (Phi) is 6.76. The first-order valence-electron chi connectivity index (χ1n) is 9.99. The maximum Gasteiger partial charge on any atom is 0.130 e. The third kappa shape index (κ3) is 5.96. The lowest BCUT2D eigenvalue weighted by molar-refractivity contribution is 0.241. The molecule has 5 nitrogen and oxygen atoms in total. The summed E-state index contributed by atoms with van der Waals surface area (Å²) in [5.41, 5.74) is 4.17. The van der Waals surface area contributed by atoms with E-state index in [4.69, 9.17) is 4.74 Å². The number of pyridine rings is 3. The average molecular weight is 396 g/mol. The van der Waals surface area contributed by atoms with Crippen molar-refractivity contribution in [3.05, 3.63) is 120 Å². The molecule has 0 aliphatic heterocycles. The van der Waals surface area contributed by atoms with Crippen LogP contribution in [-0.4, -0.2) is 19.9 Å². The molecule has 0 spiro atoms. The highest BCUT2D eigenvalue weighted by molar-refractivity contribution is 5.29. The summed E-state index contributed by atoms with van der Waals surface area (Å²) in [6.45, 7) is 2.72. The summed E-state index contributed by atoms with van der Waals surface area (Å²) in [6.07, 6.45) is 5.45. The molecule has 5 heteroatoms. The van der Waals surface area contributed by atoms with E-state index in [1.807, 2.05) is 67.0 Å². The van der Waals surface area contributed by atoms with Crippen LogP contribution in [-0.2, 0) is 26.2 Å². The van der Waals surface area contributed by atoms with Crippen LogP contribution < -0.4 is 4.74 Å². The zero-order valence-corrected chi connectivity index (χ0v) is 16.8. The van der Waals surface area contributed by atoms with Crippen molar-refractivity contribution in [3.8, 4) is 5.75 Å². The largest absolute Gasteiger partial charge is 0.487 e. The summed E-state index contributed by atoms with van der Waals surface area (Å²) in [5, 5.41) is 0. The Hall–Kier alpha value is -3.57. The third-order valence-corrected chi connectivity index (χ3v) is 4.64. The molecule has 3 aromatic heterocycles. The van der Waals surface area contributed by atoms with Gasteiger partial charge in [0.25, 0.3) is 0 Å². The topological polar surface area (TPSA) is 51.1 Å². The number of hydrogen-bond donors (Lipinski definition) is 0. The van der Waals surface area contributed by atoms with Crippen LogP contribution in [0.15, 0.2) is 97.5 Å². The zero-order valence-electron chi connectivity index (χ0n) is 16.8. The van der Waals surface area contributed by atoms with Crippen molar-refractivity contribution < 1.29 is 4.74 Å². The van der Waals surface area contributed by atoms with Crippen molar-refractivity contribution in [1.82, 2.24) is 19.9 Å². The third-order valence-electron chi connectivity index (χ3n) is 4.64. The molecule has 0 N–H and O–H groups in total. The molecular formula is C25H24N4O. The van der Waals surface area contributed by atoms with Gasteiger partial charge in [0.1, 0.15) is 12.4 Å². The SMILES string of the molecule is c1ccc(COc2cccc(CN(Cc3ccccn3)Cc3ccccn3)c2)nc1. The molecule has 0 saturated carbocycles. The Morgan fingerprint density at radius 1 is 0.600 bits per heavy atom. The Morgan fingerprint density at radius 3 is 1.77 bits per heavy atom. The predicted octanol–water partition coefficient (Wildman–Crippen LogP) is 4.65. The van der Waals surface area contributed by atoms with Crippen molar-refractivity contribution in [2.75, 3.05) is 0 Å². The normalized spacial score (nSPS) is 10.8. The fourth-order valence-electron chi connectivity index (χ4n) is 3.24. The molecule has 4 aromatic rings. The molecular weight excluding hydrogens is 372 g/mol. The van der Waals surface area contributed by atoms with Gasteiger partial charge < -0.3 is 4.74 Å². The molecule has 4 rings (SSSR count). The van der Waals surface area contributed by atoms with E-state index in [1.165, 1.54) is 5.56 Å². The lowest BCUT2D eigenvalue weighted by Crippen LogP contribution is -2.23. The number of nitrogens with zero attached hydrogens (tertiary/aromatic N) is 4. The summed E-state index contributed by atoms with van der Waals surface area (Å²) < 4.78 is 5.95. The van der Waals surface area contributed by atoms with Crippen molar-refractivity contribution in [2.24, 2.45) is 0 Å². The minimum atomic E-state index is 0.454. The molecule has 0 fully saturated rings. The van der Waals surface area contributed by atoms with E-state index in [0.29, 0.717) is 6.61 Å². The van der Waals surface area contributed by atoms with E-state index in [-0.39, 0.29) is 0 Å². The summed E-state index contributed by atoms with van der Waals surface area (Å²) in [6, 6.07) is 26.1. The van der Waals surface area contributed by atoms with Crippen molar-refractivity contribution >= 4 is 0 Å². The maximum atomic E-state index is 5.95. The van der Waals surface area contributed by atoms with E-state index in [9.17, 15) is 0 Å². The lowest BCUT2D eigenvalue weighted by atomic mass is 10.2. The number of aromatic nitrogens is 3. The highest BCUT2D eigenvalue weighted by Gasteiger charge is 2.10. The van der Waals surface area contributed by atoms with Crippen LogP contribution in [0.25, 0.3) is 0 Å². The van der Waals surface area contributed by atoms with E-state index in [1.54, 1.807) is 6.20 Å². The minimum absolute atomic E-state index is 0.454. The van der Waals surface area contributed by atoms with Crippen LogP contribution >= 0.6 is 0 Å². The first-order chi connectivity index (χ1) is 14.8. The molecule has 0 unspecified atom stereocenters. The maximum absolute atomic E-state index is 5.95. The second-order valence-electron chi connectivity index (χ2n) is 7.04. The molecule has 0 saturated heterocycles. The van der Waals surface area contributed by atoms with Crippen molar-refractivity contribution in [2.45, 2.75) is 26.2 Å². The molecule has 0 aliphatic carbocycles.